The molecule has 0 aromatic carbocycles. The SMILES string of the molecule is O=C(c1ccn[nH]1)N(CCBr)CC(F)(F)F. The Hall–Kier alpha value is -1.05. The number of amides is 1. The Kier molecular flexibility index (Phi) is 4.34. The van der Waals surface area contributed by atoms with Gasteiger partial charge >= 0.3 is 6.18 Å². The van der Waals surface area contributed by atoms with Gasteiger partial charge in [-0.25, -0.2) is 0 Å². The maximum absolute atomic E-state index is 12.2. The van der Waals surface area contributed by atoms with Crippen LogP contribution in [0.25, 0.3) is 0 Å². The van der Waals surface area contributed by atoms with Gasteiger partial charge in [-0.15, -0.1) is 0 Å². The minimum atomic E-state index is -4.40. The quantitative estimate of drug-likeness (QED) is 0.862. The number of carbonyl (C=O) groups excluding carboxylic acids is 1. The summed E-state index contributed by atoms with van der Waals surface area (Å²) in [6, 6.07) is 1.33. The monoisotopic (exact) mass is 299 g/mol. The van der Waals surface area contributed by atoms with E-state index < -0.39 is 18.6 Å². The molecule has 1 aromatic heterocycles. The summed E-state index contributed by atoms with van der Waals surface area (Å²) in [6.45, 7) is -1.28. The first-order valence-corrected chi connectivity index (χ1v) is 5.47. The molecule has 4 nitrogen and oxygen atoms in total. The Labute approximate surface area is 97.9 Å². The number of hydrogen-bond donors (Lipinski definition) is 1. The summed E-state index contributed by atoms with van der Waals surface area (Å²) in [6.07, 6.45) is -3.09. The van der Waals surface area contributed by atoms with E-state index in [0.717, 1.165) is 0 Å². The first-order valence-electron chi connectivity index (χ1n) is 4.35. The van der Waals surface area contributed by atoms with Crippen LogP contribution in [0.15, 0.2) is 12.3 Å². The van der Waals surface area contributed by atoms with Crippen LogP contribution in [-0.2, 0) is 0 Å². The normalized spacial score (nSPS) is 11.5. The molecule has 90 valence electrons. The number of halogens is 4. The zero-order chi connectivity index (χ0) is 12.2. The van der Waals surface area contributed by atoms with E-state index in [1.165, 1.54) is 12.3 Å². The molecule has 1 aromatic rings. The number of rotatable bonds is 4. The molecule has 1 heterocycles. The van der Waals surface area contributed by atoms with Crippen LogP contribution in [-0.4, -0.2) is 45.6 Å². The van der Waals surface area contributed by atoms with Crippen LogP contribution < -0.4 is 0 Å². The minimum absolute atomic E-state index is 0.0165. The summed E-state index contributed by atoms with van der Waals surface area (Å²) in [5.41, 5.74) is 0.0465. The smallest absolute Gasteiger partial charge is 0.327 e. The molecule has 1 rings (SSSR count). The van der Waals surface area contributed by atoms with Gasteiger partial charge < -0.3 is 4.90 Å². The standard InChI is InChI=1S/C8H9BrF3N3O/c9-2-4-15(5-8(10,11)12)7(16)6-1-3-13-14-6/h1,3H,2,4-5H2,(H,13,14). The molecule has 16 heavy (non-hydrogen) atoms. The first kappa shape index (κ1) is 13.0. The summed E-state index contributed by atoms with van der Waals surface area (Å²) in [4.78, 5) is 12.3. The van der Waals surface area contributed by atoms with Crippen molar-refractivity contribution < 1.29 is 18.0 Å². The van der Waals surface area contributed by atoms with E-state index in [0.29, 0.717) is 4.90 Å². The van der Waals surface area contributed by atoms with Crippen LogP contribution in [0.2, 0.25) is 0 Å². The number of H-pyrrole nitrogens is 1. The molecular weight excluding hydrogens is 291 g/mol. The second-order valence-electron chi connectivity index (χ2n) is 3.00. The van der Waals surface area contributed by atoms with E-state index in [1.807, 2.05) is 0 Å². The van der Waals surface area contributed by atoms with Crippen molar-refractivity contribution in [2.45, 2.75) is 6.18 Å². The Morgan fingerprint density at radius 2 is 2.25 bits per heavy atom. The van der Waals surface area contributed by atoms with Crippen LogP contribution in [0.3, 0.4) is 0 Å². The third-order valence-electron chi connectivity index (χ3n) is 1.74. The summed E-state index contributed by atoms with van der Waals surface area (Å²) in [7, 11) is 0. The fourth-order valence-corrected chi connectivity index (χ4v) is 1.54. The van der Waals surface area contributed by atoms with E-state index in [-0.39, 0.29) is 17.6 Å². The fourth-order valence-electron chi connectivity index (χ4n) is 1.12. The second-order valence-corrected chi connectivity index (χ2v) is 3.79. The van der Waals surface area contributed by atoms with Crippen molar-refractivity contribution in [1.82, 2.24) is 15.1 Å². The van der Waals surface area contributed by atoms with Gasteiger partial charge in [0.1, 0.15) is 12.2 Å². The fraction of sp³-hybridized carbons (Fsp3) is 0.500. The number of carbonyl (C=O) groups is 1. The highest BCUT2D eigenvalue weighted by Crippen LogP contribution is 2.17. The van der Waals surface area contributed by atoms with Gasteiger partial charge in [0.05, 0.1) is 0 Å². The number of nitrogens with zero attached hydrogens (tertiary/aromatic N) is 2. The first-order chi connectivity index (χ1) is 7.44. The molecule has 0 fully saturated rings. The van der Waals surface area contributed by atoms with Gasteiger partial charge in [0.2, 0.25) is 0 Å². The van der Waals surface area contributed by atoms with Crippen LogP contribution in [0.1, 0.15) is 10.5 Å². The molecule has 0 bridgehead atoms. The van der Waals surface area contributed by atoms with Crippen molar-refractivity contribution in [3.8, 4) is 0 Å². The van der Waals surface area contributed by atoms with Crippen molar-refractivity contribution in [2.75, 3.05) is 18.4 Å². The highest BCUT2D eigenvalue weighted by molar-refractivity contribution is 9.09. The molecule has 0 atom stereocenters. The topological polar surface area (TPSA) is 49.0 Å². The molecule has 0 unspecified atom stereocenters. The predicted molar refractivity (Wildman–Crippen MR) is 54.3 cm³/mol. The summed E-state index contributed by atoms with van der Waals surface area (Å²) in [5, 5.41) is 6.14. The molecule has 0 aliphatic carbocycles. The average Bonchev–Trinajstić information content (AvgIpc) is 2.66. The van der Waals surface area contributed by atoms with Crippen LogP contribution >= 0.6 is 15.9 Å². The maximum Gasteiger partial charge on any atom is 0.406 e. The number of hydrogen-bond acceptors (Lipinski definition) is 2. The van der Waals surface area contributed by atoms with Gasteiger partial charge in [0.25, 0.3) is 5.91 Å². The van der Waals surface area contributed by atoms with Gasteiger partial charge in [-0.05, 0) is 6.07 Å². The van der Waals surface area contributed by atoms with Crippen molar-refractivity contribution in [3.05, 3.63) is 18.0 Å². The molecule has 0 aliphatic rings. The second kappa shape index (κ2) is 5.33. The van der Waals surface area contributed by atoms with Gasteiger partial charge in [0.15, 0.2) is 0 Å². The van der Waals surface area contributed by atoms with Gasteiger partial charge in [-0.1, -0.05) is 15.9 Å². The molecule has 0 saturated heterocycles. The lowest BCUT2D eigenvalue weighted by atomic mass is 10.3. The van der Waals surface area contributed by atoms with Crippen molar-refractivity contribution in [1.29, 1.82) is 0 Å². The zero-order valence-corrected chi connectivity index (χ0v) is 9.68. The van der Waals surface area contributed by atoms with E-state index in [2.05, 4.69) is 26.1 Å². The average molecular weight is 300 g/mol. The Balaban J connectivity index is 2.74. The predicted octanol–water partition coefficient (Wildman–Crippen LogP) is 1.81. The van der Waals surface area contributed by atoms with E-state index in [9.17, 15) is 18.0 Å². The van der Waals surface area contributed by atoms with Crippen molar-refractivity contribution in [2.24, 2.45) is 0 Å². The Morgan fingerprint density at radius 3 is 2.69 bits per heavy atom. The molecule has 0 saturated carbocycles. The summed E-state index contributed by atoms with van der Waals surface area (Å²) < 4.78 is 36.6. The lowest BCUT2D eigenvalue weighted by molar-refractivity contribution is -0.140. The zero-order valence-electron chi connectivity index (χ0n) is 8.09. The van der Waals surface area contributed by atoms with Crippen LogP contribution in [0.4, 0.5) is 13.2 Å². The van der Waals surface area contributed by atoms with E-state index in [1.54, 1.807) is 0 Å². The molecule has 0 spiro atoms. The van der Waals surface area contributed by atoms with Crippen molar-refractivity contribution in [3.63, 3.8) is 0 Å². The molecule has 0 radical (unpaired) electrons. The lowest BCUT2D eigenvalue weighted by Gasteiger charge is -2.22. The van der Waals surface area contributed by atoms with Gasteiger partial charge in [-0.3, -0.25) is 9.89 Å². The minimum Gasteiger partial charge on any atom is -0.327 e. The molecule has 1 N–H and O–H groups in total. The molecule has 1 amide bonds. The Morgan fingerprint density at radius 1 is 1.56 bits per heavy atom. The molecule has 8 heteroatoms. The number of nitrogens with one attached hydrogen (secondary N) is 1. The van der Waals surface area contributed by atoms with Crippen LogP contribution in [0, 0.1) is 0 Å². The van der Waals surface area contributed by atoms with E-state index in [4.69, 9.17) is 0 Å². The third-order valence-corrected chi connectivity index (χ3v) is 2.10. The van der Waals surface area contributed by atoms with Gasteiger partial charge in [-0.2, -0.15) is 18.3 Å². The number of aromatic amines is 1. The highest BCUT2D eigenvalue weighted by Gasteiger charge is 2.33. The highest BCUT2D eigenvalue weighted by atomic mass is 79.9. The maximum atomic E-state index is 12.2. The summed E-state index contributed by atoms with van der Waals surface area (Å²) in [5.74, 6) is -0.714. The Bertz CT molecular complexity index is 339. The number of aromatic nitrogens is 2. The third kappa shape index (κ3) is 3.84. The lowest BCUT2D eigenvalue weighted by Crippen LogP contribution is -2.40. The van der Waals surface area contributed by atoms with Gasteiger partial charge in [0, 0.05) is 18.1 Å². The summed E-state index contributed by atoms with van der Waals surface area (Å²) >= 11 is 3.00. The molecule has 0 aliphatic heterocycles. The molecular formula is C8H9BrF3N3O. The largest absolute Gasteiger partial charge is 0.406 e. The number of alkyl halides is 4. The van der Waals surface area contributed by atoms with Crippen molar-refractivity contribution >= 4 is 21.8 Å². The van der Waals surface area contributed by atoms with Crippen LogP contribution in [0.5, 0.6) is 0 Å². The van der Waals surface area contributed by atoms with E-state index >= 15 is 0 Å².